The number of hydrogen-bond acceptors (Lipinski definition) is 7. The van der Waals surface area contributed by atoms with Gasteiger partial charge in [0, 0.05) is 12.0 Å². The third kappa shape index (κ3) is 24.6. The van der Waals surface area contributed by atoms with E-state index >= 15 is 0 Å². The number of benzene rings is 3. The largest absolute Gasteiger partial charge is 0.405 e. The lowest BCUT2D eigenvalue weighted by atomic mass is 9.87. The second kappa shape index (κ2) is 29.6. The van der Waals surface area contributed by atoms with Gasteiger partial charge >= 0.3 is 0 Å². The SMILES string of the molecule is C=CCCC(C)(O[Si](C)(C)C)C(=O)c1ccccc1CC=C.C=CCCC(C)=O.C=CCc1ccccc1C(C#N)O[Si](C)(C)C.C=CCc1ccccc1C(C#N)O[Si](C)(C)C. The number of ketones is 2. The third-order valence-electron chi connectivity index (χ3n) is 8.75. The minimum atomic E-state index is -1.85. The average Bonchev–Trinajstić information content (AvgIpc) is 3.20. The van der Waals surface area contributed by atoms with E-state index < -0.39 is 42.8 Å². The minimum Gasteiger partial charge on any atom is -0.405 e. The molecule has 0 spiro atoms. The van der Waals surface area contributed by atoms with E-state index in [0.717, 1.165) is 59.1 Å². The molecule has 0 aliphatic carbocycles. The summed E-state index contributed by atoms with van der Waals surface area (Å²) < 4.78 is 18.1. The van der Waals surface area contributed by atoms with Crippen molar-refractivity contribution in [3.63, 3.8) is 0 Å². The van der Waals surface area contributed by atoms with Crippen molar-refractivity contribution in [1.82, 2.24) is 0 Å². The van der Waals surface area contributed by atoms with Gasteiger partial charge in [0.25, 0.3) is 0 Å². The molecule has 3 unspecified atom stereocenters. The Morgan fingerprint density at radius 2 is 0.984 bits per heavy atom. The first-order valence-corrected chi connectivity index (χ1v) is 31.9. The Balaban J connectivity index is 0.000000857. The number of carbonyl (C=O) groups is 2. The van der Waals surface area contributed by atoms with Crippen LogP contribution in [0.5, 0.6) is 0 Å². The normalized spacial score (nSPS) is 12.8. The predicted molar refractivity (Wildman–Crippen MR) is 273 cm³/mol. The molecule has 0 aliphatic heterocycles. The van der Waals surface area contributed by atoms with Crippen molar-refractivity contribution in [2.75, 3.05) is 0 Å². The van der Waals surface area contributed by atoms with Gasteiger partial charge in [-0.25, -0.2) is 0 Å². The molecule has 0 fully saturated rings. The molecule has 0 aliphatic rings. The van der Waals surface area contributed by atoms with Gasteiger partial charge in [-0.3, -0.25) is 4.79 Å². The molecule has 0 N–H and O–H groups in total. The number of nitrogens with zero attached hydrogens (tertiary/aromatic N) is 2. The standard InChI is InChI=1S/C19H28O2Si.2C14H19NOSi.C6H10O/c1-7-9-15-19(3,21-22(4,5)6)18(20)17-14-11-10-13-16(17)12-8-2;2*1-5-8-12-9-6-7-10-13(12)14(11-15)16-17(2,3)4;1-3-4-5-6(2)7/h7-8,10-11,13-14H,1-2,9,12,15H2,3-6H3;2*5-7,9-10,14H,1,8H2,2-4H3;3H,1,4-5H2,2H3. The van der Waals surface area contributed by atoms with E-state index in [2.05, 4.69) is 104 Å². The van der Waals surface area contributed by atoms with Gasteiger partial charge < -0.3 is 18.1 Å². The summed E-state index contributed by atoms with van der Waals surface area (Å²) in [5.74, 6) is 0.300. The van der Waals surface area contributed by atoms with Gasteiger partial charge in [0.2, 0.25) is 0 Å². The van der Waals surface area contributed by atoms with E-state index in [0.29, 0.717) is 19.3 Å². The summed E-state index contributed by atoms with van der Waals surface area (Å²) in [6.07, 6.45) is 13.3. The summed E-state index contributed by atoms with van der Waals surface area (Å²) in [6, 6.07) is 28.1. The fourth-order valence-corrected chi connectivity index (χ4v) is 9.54. The van der Waals surface area contributed by atoms with Crippen LogP contribution in [0.4, 0.5) is 0 Å². The molecule has 340 valence electrons. The fourth-order valence-electron chi connectivity index (χ4n) is 6.22. The van der Waals surface area contributed by atoms with E-state index in [9.17, 15) is 20.1 Å². The third-order valence-corrected chi connectivity index (χ3v) is 11.7. The van der Waals surface area contributed by atoms with Gasteiger partial charge in [0.1, 0.15) is 11.4 Å². The van der Waals surface area contributed by atoms with Crippen LogP contribution >= 0.6 is 0 Å². The molecule has 3 aromatic carbocycles. The lowest BCUT2D eigenvalue weighted by Gasteiger charge is -2.35. The molecule has 0 saturated carbocycles. The lowest BCUT2D eigenvalue weighted by Crippen LogP contribution is -2.46. The summed E-state index contributed by atoms with van der Waals surface area (Å²) in [4.78, 5) is 23.3. The van der Waals surface area contributed by atoms with Crippen LogP contribution in [0.25, 0.3) is 0 Å². The fraction of sp³-hybridized carbons (Fsp3) is 0.396. The van der Waals surface area contributed by atoms with Crippen molar-refractivity contribution in [3.8, 4) is 12.1 Å². The Labute approximate surface area is 385 Å². The topological polar surface area (TPSA) is 109 Å². The second-order valence-electron chi connectivity index (χ2n) is 18.1. The first-order chi connectivity index (χ1) is 29.5. The number of hydrogen-bond donors (Lipinski definition) is 0. The molecule has 0 amide bonds. The van der Waals surface area contributed by atoms with E-state index in [1.807, 2.05) is 104 Å². The Kier molecular flexibility index (Phi) is 27.3. The van der Waals surface area contributed by atoms with Gasteiger partial charge in [0.05, 0.1) is 12.1 Å². The van der Waals surface area contributed by atoms with Crippen molar-refractivity contribution >= 4 is 36.5 Å². The molecule has 0 bridgehead atoms. The van der Waals surface area contributed by atoms with Gasteiger partial charge in [-0.2, -0.15) is 10.5 Å². The van der Waals surface area contributed by atoms with E-state index in [1.165, 1.54) is 0 Å². The van der Waals surface area contributed by atoms with Crippen LogP contribution in [0.2, 0.25) is 58.9 Å². The van der Waals surface area contributed by atoms with Crippen molar-refractivity contribution in [2.24, 2.45) is 0 Å². The minimum absolute atomic E-state index is 0.0641. The van der Waals surface area contributed by atoms with Gasteiger partial charge in [-0.15, -0.1) is 32.9 Å². The maximum Gasteiger partial charge on any atom is 0.193 e. The predicted octanol–water partition coefficient (Wildman–Crippen LogP) is 14.4. The van der Waals surface area contributed by atoms with Crippen molar-refractivity contribution in [3.05, 3.63) is 169 Å². The molecular formula is C53H76N2O5Si3. The molecule has 10 heteroatoms. The van der Waals surface area contributed by atoms with Crippen LogP contribution < -0.4 is 0 Å². The Morgan fingerprint density at radius 1 is 0.603 bits per heavy atom. The highest BCUT2D eigenvalue weighted by molar-refractivity contribution is 6.70. The molecule has 0 radical (unpaired) electrons. The monoisotopic (exact) mass is 905 g/mol. The van der Waals surface area contributed by atoms with Crippen LogP contribution in [0, 0.1) is 22.7 Å². The molecule has 0 aromatic heterocycles. The number of nitriles is 2. The number of carbonyl (C=O) groups excluding carboxylic acids is 2. The number of Topliss-reactive ketones (excluding diaryl/α,β-unsaturated/α-hetero) is 2. The molecule has 3 aromatic rings. The highest BCUT2D eigenvalue weighted by Crippen LogP contribution is 2.30. The molecule has 0 saturated heterocycles. The molecule has 63 heavy (non-hydrogen) atoms. The summed E-state index contributed by atoms with van der Waals surface area (Å²) >= 11 is 0. The first-order valence-electron chi connectivity index (χ1n) is 21.6. The van der Waals surface area contributed by atoms with Gasteiger partial charge in [-0.1, -0.05) is 103 Å². The summed E-state index contributed by atoms with van der Waals surface area (Å²) in [5, 5.41) is 18.5. The van der Waals surface area contributed by atoms with Crippen molar-refractivity contribution in [2.45, 2.75) is 136 Å². The maximum absolute atomic E-state index is 13.2. The second-order valence-corrected chi connectivity index (χ2v) is 31.5. The zero-order chi connectivity index (χ0) is 48.3. The van der Waals surface area contributed by atoms with Crippen LogP contribution in [-0.2, 0) is 37.3 Å². The van der Waals surface area contributed by atoms with Crippen LogP contribution in [0.15, 0.2) is 136 Å². The smallest absolute Gasteiger partial charge is 0.193 e. The molecule has 7 nitrogen and oxygen atoms in total. The molecule has 3 atom stereocenters. The molecule has 3 rings (SSSR count). The Hall–Kier alpha value is -4.79. The highest BCUT2D eigenvalue weighted by atomic mass is 28.4. The molecular weight excluding hydrogens is 829 g/mol. The summed E-state index contributed by atoms with van der Waals surface area (Å²) in [5.41, 5.74) is 5.13. The highest BCUT2D eigenvalue weighted by Gasteiger charge is 2.39. The van der Waals surface area contributed by atoms with Crippen LogP contribution in [0.1, 0.15) is 89.9 Å². The van der Waals surface area contributed by atoms with Crippen molar-refractivity contribution in [1.29, 1.82) is 10.5 Å². The van der Waals surface area contributed by atoms with Gasteiger partial charge in [-0.05, 0) is 139 Å². The lowest BCUT2D eigenvalue weighted by molar-refractivity contribution is -0.116. The first kappa shape index (κ1) is 58.2. The average molecular weight is 905 g/mol. The summed E-state index contributed by atoms with van der Waals surface area (Å²) in [6.45, 7) is 40.9. The maximum atomic E-state index is 13.2. The zero-order valence-electron chi connectivity index (χ0n) is 40.4. The molecule has 0 heterocycles. The van der Waals surface area contributed by atoms with Crippen LogP contribution in [0.3, 0.4) is 0 Å². The van der Waals surface area contributed by atoms with Crippen molar-refractivity contribution < 1.29 is 22.9 Å². The Bertz CT molecular complexity index is 1930. The van der Waals surface area contributed by atoms with E-state index in [-0.39, 0.29) is 11.6 Å². The number of rotatable bonds is 22. The van der Waals surface area contributed by atoms with Gasteiger partial charge in [0.15, 0.2) is 42.9 Å². The summed E-state index contributed by atoms with van der Waals surface area (Å²) in [7, 11) is -5.29. The van der Waals surface area contributed by atoms with Crippen LogP contribution in [-0.4, -0.2) is 42.1 Å². The van der Waals surface area contributed by atoms with E-state index in [1.54, 1.807) is 13.0 Å². The van der Waals surface area contributed by atoms with E-state index in [4.69, 9.17) is 13.3 Å². The number of allylic oxidation sites excluding steroid dienone is 5. The zero-order valence-corrected chi connectivity index (χ0v) is 43.4. The quantitative estimate of drug-likeness (QED) is 0.0561. The Morgan fingerprint density at radius 3 is 1.32 bits per heavy atom.